The van der Waals surface area contributed by atoms with Gasteiger partial charge in [0.15, 0.2) is 0 Å². The first kappa shape index (κ1) is 15.4. The lowest BCUT2D eigenvalue weighted by Crippen LogP contribution is -2.13. The summed E-state index contributed by atoms with van der Waals surface area (Å²) in [7, 11) is 0. The predicted octanol–water partition coefficient (Wildman–Crippen LogP) is 5.48. The number of ether oxygens (including phenoxy) is 1. The van der Waals surface area contributed by atoms with Crippen LogP contribution >= 0.6 is 22.6 Å². The fourth-order valence-electron chi connectivity index (χ4n) is 2.11. The molecule has 0 heterocycles. The molecule has 0 amide bonds. The van der Waals surface area contributed by atoms with Gasteiger partial charge in [-0.2, -0.15) is 0 Å². The molecule has 0 saturated carbocycles. The van der Waals surface area contributed by atoms with Gasteiger partial charge in [-0.05, 0) is 69.8 Å². The van der Waals surface area contributed by atoms with Crippen molar-refractivity contribution in [1.82, 2.24) is 0 Å². The maximum atomic E-state index is 6.07. The largest absolute Gasteiger partial charge is 0.489 e. The van der Waals surface area contributed by atoms with Crippen molar-refractivity contribution in [3.8, 4) is 5.75 Å². The molecule has 0 aliphatic rings. The highest BCUT2D eigenvalue weighted by Gasteiger charge is 2.18. The van der Waals surface area contributed by atoms with Gasteiger partial charge in [0.1, 0.15) is 12.4 Å². The molecule has 0 aliphatic carbocycles. The zero-order valence-corrected chi connectivity index (χ0v) is 14.7. The van der Waals surface area contributed by atoms with Crippen molar-refractivity contribution < 1.29 is 4.74 Å². The van der Waals surface area contributed by atoms with Gasteiger partial charge in [0, 0.05) is 3.57 Å². The molecule has 0 aromatic heterocycles. The Labute approximate surface area is 135 Å². The van der Waals surface area contributed by atoms with Gasteiger partial charge in [-0.1, -0.05) is 45.0 Å². The van der Waals surface area contributed by atoms with E-state index in [-0.39, 0.29) is 5.41 Å². The monoisotopic (exact) mass is 380 g/mol. The van der Waals surface area contributed by atoms with Gasteiger partial charge in [-0.25, -0.2) is 0 Å². The van der Waals surface area contributed by atoms with Gasteiger partial charge in [-0.3, -0.25) is 0 Å². The van der Waals surface area contributed by atoms with Crippen LogP contribution in [0, 0.1) is 10.5 Å². The van der Waals surface area contributed by atoms with Crippen LogP contribution in [0.4, 0.5) is 0 Å². The summed E-state index contributed by atoms with van der Waals surface area (Å²) in [4.78, 5) is 0. The molecule has 2 aromatic rings. The lowest BCUT2D eigenvalue weighted by atomic mass is 9.86. The Bertz CT molecular complexity index is 579. The third kappa shape index (κ3) is 3.98. The van der Waals surface area contributed by atoms with Crippen LogP contribution in [0.5, 0.6) is 5.75 Å². The maximum Gasteiger partial charge on any atom is 0.123 e. The third-order valence-corrected chi connectivity index (χ3v) is 3.97. The summed E-state index contributed by atoms with van der Waals surface area (Å²) in [5, 5.41) is 0. The van der Waals surface area contributed by atoms with Crippen molar-refractivity contribution in [2.24, 2.45) is 0 Å². The number of aryl methyl sites for hydroxylation is 1. The first-order valence-electron chi connectivity index (χ1n) is 6.84. The van der Waals surface area contributed by atoms with Crippen molar-refractivity contribution in [2.75, 3.05) is 0 Å². The van der Waals surface area contributed by atoms with E-state index in [4.69, 9.17) is 4.74 Å². The van der Waals surface area contributed by atoms with Gasteiger partial charge in [0.2, 0.25) is 0 Å². The van der Waals surface area contributed by atoms with Crippen LogP contribution in [0.15, 0.2) is 42.5 Å². The van der Waals surface area contributed by atoms with E-state index in [0.29, 0.717) is 6.61 Å². The van der Waals surface area contributed by atoms with E-state index in [1.165, 1.54) is 20.3 Å². The van der Waals surface area contributed by atoms with Gasteiger partial charge >= 0.3 is 0 Å². The van der Waals surface area contributed by atoms with Gasteiger partial charge in [0.05, 0.1) is 0 Å². The van der Waals surface area contributed by atoms with Crippen molar-refractivity contribution in [3.63, 3.8) is 0 Å². The fraction of sp³-hybridized carbons (Fsp3) is 0.333. The van der Waals surface area contributed by atoms with Crippen molar-refractivity contribution in [3.05, 3.63) is 62.7 Å². The van der Waals surface area contributed by atoms with E-state index in [1.54, 1.807) is 0 Å². The smallest absolute Gasteiger partial charge is 0.123 e. The van der Waals surface area contributed by atoms with Crippen LogP contribution in [0.25, 0.3) is 0 Å². The van der Waals surface area contributed by atoms with Crippen LogP contribution in [0.1, 0.15) is 37.5 Å². The second-order valence-electron chi connectivity index (χ2n) is 6.16. The molecule has 0 unspecified atom stereocenters. The minimum absolute atomic E-state index is 0.0924. The quantitative estimate of drug-likeness (QED) is 0.641. The molecule has 106 valence electrons. The first-order chi connectivity index (χ1) is 9.36. The molecule has 0 radical (unpaired) electrons. The highest BCUT2D eigenvalue weighted by atomic mass is 127. The van der Waals surface area contributed by atoms with Gasteiger partial charge < -0.3 is 4.74 Å². The second-order valence-corrected chi connectivity index (χ2v) is 7.41. The normalized spacial score (nSPS) is 11.4. The molecule has 0 atom stereocenters. The molecule has 0 bridgehead atoms. The topological polar surface area (TPSA) is 9.23 Å². The van der Waals surface area contributed by atoms with Crippen LogP contribution in [0.2, 0.25) is 0 Å². The molecule has 0 aliphatic heterocycles. The summed E-state index contributed by atoms with van der Waals surface area (Å²) in [6.07, 6.45) is 0. The van der Waals surface area contributed by atoms with Crippen LogP contribution < -0.4 is 4.74 Å². The Kier molecular flexibility index (Phi) is 4.74. The highest BCUT2D eigenvalue weighted by Crippen LogP contribution is 2.32. The number of benzene rings is 2. The Morgan fingerprint density at radius 2 is 1.65 bits per heavy atom. The standard InChI is InChI=1S/C18H21IO/c1-13-5-10-16(18(2,3)4)17(11-13)20-12-14-6-8-15(19)9-7-14/h5-11H,12H2,1-4H3. The van der Waals surface area contributed by atoms with E-state index >= 15 is 0 Å². The van der Waals surface area contributed by atoms with E-state index < -0.39 is 0 Å². The van der Waals surface area contributed by atoms with Crippen molar-refractivity contribution in [2.45, 2.75) is 39.7 Å². The fourth-order valence-corrected chi connectivity index (χ4v) is 2.47. The Morgan fingerprint density at radius 3 is 2.25 bits per heavy atom. The first-order valence-corrected chi connectivity index (χ1v) is 7.92. The predicted molar refractivity (Wildman–Crippen MR) is 93.4 cm³/mol. The summed E-state index contributed by atoms with van der Waals surface area (Å²) in [5.41, 5.74) is 3.78. The molecule has 0 fully saturated rings. The van der Waals surface area contributed by atoms with E-state index in [0.717, 1.165) is 5.75 Å². The Morgan fingerprint density at radius 1 is 1.00 bits per heavy atom. The summed E-state index contributed by atoms with van der Waals surface area (Å²) >= 11 is 2.32. The summed E-state index contributed by atoms with van der Waals surface area (Å²) in [6, 6.07) is 14.9. The molecule has 2 heteroatoms. The van der Waals surface area contributed by atoms with Crippen LogP contribution in [-0.2, 0) is 12.0 Å². The molecular weight excluding hydrogens is 359 g/mol. The Hall–Kier alpha value is -1.03. The van der Waals surface area contributed by atoms with Crippen LogP contribution in [0.3, 0.4) is 0 Å². The molecule has 2 rings (SSSR count). The molecule has 1 nitrogen and oxygen atoms in total. The van der Waals surface area contributed by atoms with Crippen LogP contribution in [-0.4, -0.2) is 0 Å². The molecule has 20 heavy (non-hydrogen) atoms. The van der Waals surface area contributed by atoms with E-state index in [2.05, 4.69) is 92.8 Å². The SMILES string of the molecule is Cc1ccc(C(C)(C)C)c(OCc2ccc(I)cc2)c1. The van der Waals surface area contributed by atoms with E-state index in [1.807, 2.05) is 0 Å². The lowest BCUT2D eigenvalue weighted by Gasteiger charge is -2.23. The van der Waals surface area contributed by atoms with E-state index in [9.17, 15) is 0 Å². The molecular formula is C18H21IO. The third-order valence-electron chi connectivity index (χ3n) is 3.25. The number of halogens is 1. The van der Waals surface area contributed by atoms with Gasteiger partial charge in [0.25, 0.3) is 0 Å². The number of rotatable bonds is 3. The zero-order valence-electron chi connectivity index (χ0n) is 12.5. The average molecular weight is 380 g/mol. The molecule has 0 saturated heterocycles. The molecule has 0 N–H and O–H groups in total. The van der Waals surface area contributed by atoms with Crippen molar-refractivity contribution in [1.29, 1.82) is 0 Å². The summed E-state index contributed by atoms with van der Waals surface area (Å²) in [5.74, 6) is 0.996. The minimum atomic E-state index is 0.0924. The number of hydrogen-bond acceptors (Lipinski definition) is 1. The lowest BCUT2D eigenvalue weighted by molar-refractivity contribution is 0.297. The zero-order chi connectivity index (χ0) is 14.8. The Balaban J connectivity index is 2.20. The second kappa shape index (κ2) is 6.17. The number of hydrogen-bond donors (Lipinski definition) is 0. The summed E-state index contributed by atoms with van der Waals surface area (Å²) < 4.78 is 7.32. The minimum Gasteiger partial charge on any atom is -0.489 e. The summed E-state index contributed by atoms with van der Waals surface area (Å²) in [6.45, 7) is 9.37. The average Bonchev–Trinajstić information content (AvgIpc) is 2.36. The maximum absolute atomic E-state index is 6.07. The molecule has 0 spiro atoms. The van der Waals surface area contributed by atoms with Gasteiger partial charge in [-0.15, -0.1) is 0 Å². The highest BCUT2D eigenvalue weighted by molar-refractivity contribution is 14.1. The molecule has 2 aromatic carbocycles. The van der Waals surface area contributed by atoms with Crippen molar-refractivity contribution >= 4 is 22.6 Å².